The molecule has 2 atom stereocenters. The summed E-state index contributed by atoms with van der Waals surface area (Å²) in [6, 6.07) is 0. The van der Waals surface area contributed by atoms with E-state index in [1.54, 1.807) is 0 Å². The minimum atomic E-state index is -0.0833. The van der Waals surface area contributed by atoms with Gasteiger partial charge in [0, 0.05) is 0 Å². The van der Waals surface area contributed by atoms with Gasteiger partial charge in [-0.2, -0.15) is 0 Å². The molecule has 1 rings (SSSR count). The van der Waals surface area contributed by atoms with Crippen LogP contribution in [0.25, 0.3) is 0 Å². The third-order valence-electron chi connectivity index (χ3n) is 1.83. The van der Waals surface area contributed by atoms with Gasteiger partial charge < -0.3 is 0 Å². The third-order valence-corrected chi connectivity index (χ3v) is 1.83. The minimum Gasteiger partial charge on any atom is -0.278 e. The van der Waals surface area contributed by atoms with Crippen LogP contribution in [0.2, 0.25) is 0 Å². The maximum atomic E-state index is 6.55. The van der Waals surface area contributed by atoms with Crippen molar-refractivity contribution in [2.45, 2.75) is 25.9 Å². The first-order valence-electron chi connectivity index (χ1n) is 2.54. The van der Waals surface area contributed by atoms with Crippen LogP contribution in [0.5, 0.6) is 0 Å². The number of hydrogen-bond acceptors (Lipinski definition) is 1. The molecule has 1 N–H and O–H groups in total. The van der Waals surface area contributed by atoms with Crippen LogP contribution in [-0.2, 0) is 4.84 Å². The fourth-order valence-corrected chi connectivity index (χ4v) is 0.691. The highest BCUT2D eigenvalue weighted by Gasteiger charge is 2.48. The average molecular weight is 100 g/mol. The lowest BCUT2D eigenvalue weighted by Crippen LogP contribution is -2.08. The quantitative estimate of drug-likeness (QED) is 0.452. The molecule has 0 amide bonds. The van der Waals surface area contributed by atoms with Crippen LogP contribution in [0.1, 0.15) is 20.3 Å². The third kappa shape index (κ3) is 0.640. The predicted molar refractivity (Wildman–Crippen MR) is 26.4 cm³/mol. The van der Waals surface area contributed by atoms with Crippen LogP contribution in [0, 0.1) is 5.92 Å². The molecule has 0 unspecified atom stereocenters. The van der Waals surface area contributed by atoms with Crippen molar-refractivity contribution in [2.24, 2.45) is 5.92 Å². The van der Waals surface area contributed by atoms with Gasteiger partial charge in [-0.3, -0.25) is 4.84 Å². The average Bonchev–Trinajstić information content (AvgIpc) is 2.18. The summed E-state index contributed by atoms with van der Waals surface area (Å²) in [4.78, 5) is 4.41. The van der Waals surface area contributed by atoms with Crippen LogP contribution >= 0.6 is 0 Å². The normalized spacial score (nSPS) is 49.3. The molecule has 1 radical (unpaired) electrons. The van der Waals surface area contributed by atoms with Gasteiger partial charge in [0.15, 0.2) is 0 Å². The molecular formula is C5H10NO. The monoisotopic (exact) mass is 100 g/mol. The first-order valence-corrected chi connectivity index (χ1v) is 2.54. The van der Waals surface area contributed by atoms with Crippen molar-refractivity contribution in [3.63, 3.8) is 0 Å². The van der Waals surface area contributed by atoms with Gasteiger partial charge in [0.05, 0.1) is 5.60 Å². The Morgan fingerprint density at radius 1 is 1.86 bits per heavy atom. The molecule has 0 heterocycles. The van der Waals surface area contributed by atoms with Crippen molar-refractivity contribution in [3.05, 3.63) is 0 Å². The Morgan fingerprint density at radius 3 is 2.29 bits per heavy atom. The zero-order chi connectivity index (χ0) is 5.49. The summed E-state index contributed by atoms with van der Waals surface area (Å²) >= 11 is 0. The SMILES string of the molecule is C[C@@H]1C[C@@]1(C)O[NH]. The molecule has 1 aliphatic rings. The Labute approximate surface area is 43.6 Å². The molecule has 41 valence electrons. The van der Waals surface area contributed by atoms with Crippen molar-refractivity contribution in [3.8, 4) is 0 Å². The molecule has 1 aliphatic carbocycles. The first-order chi connectivity index (χ1) is 3.19. The topological polar surface area (TPSA) is 33.0 Å². The van der Waals surface area contributed by atoms with E-state index < -0.39 is 0 Å². The molecule has 1 fully saturated rings. The van der Waals surface area contributed by atoms with Crippen LogP contribution < -0.4 is 5.90 Å². The van der Waals surface area contributed by atoms with Gasteiger partial charge in [0.2, 0.25) is 0 Å². The zero-order valence-corrected chi connectivity index (χ0v) is 4.69. The van der Waals surface area contributed by atoms with Gasteiger partial charge in [-0.25, -0.2) is 0 Å². The van der Waals surface area contributed by atoms with Gasteiger partial charge in [-0.05, 0) is 19.3 Å². The van der Waals surface area contributed by atoms with Gasteiger partial charge in [-0.1, -0.05) is 6.92 Å². The van der Waals surface area contributed by atoms with Gasteiger partial charge in [-0.15, -0.1) is 5.90 Å². The molecule has 0 aromatic carbocycles. The largest absolute Gasteiger partial charge is 0.278 e. The van der Waals surface area contributed by atoms with Gasteiger partial charge >= 0.3 is 0 Å². The van der Waals surface area contributed by atoms with E-state index >= 15 is 0 Å². The Hall–Kier alpha value is -0.0800. The Morgan fingerprint density at radius 2 is 2.29 bits per heavy atom. The van der Waals surface area contributed by atoms with E-state index in [0.29, 0.717) is 5.92 Å². The summed E-state index contributed by atoms with van der Waals surface area (Å²) in [6.07, 6.45) is 1.05. The second-order valence-electron chi connectivity index (χ2n) is 2.52. The second-order valence-corrected chi connectivity index (χ2v) is 2.52. The molecule has 0 saturated heterocycles. The summed E-state index contributed by atoms with van der Waals surface area (Å²) in [6.45, 7) is 4.05. The van der Waals surface area contributed by atoms with E-state index in [1.807, 2.05) is 6.92 Å². The van der Waals surface area contributed by atoms with Crippen molar-refractivity contribution >= 4 is 0 Å². The molecule has 0 aromatic heterocycles. The summed E-state index contributed by atoms with van der Waals surface area (Å²) in [7, 11) is 0. The maximum Gasteiger partial charge on any atom is 0.0916 e. The fourth-order valence-electron chi connectivity index (χ4n) is 0.691. The van der Waals surface area contributed by atoms with E-state index in [1.165, 1.54) is 0 Å². The van der Waals surface area contributed by atoms with Crippen molar-refractivity contribution < 1.29 is 4.84 Å². The lowest BCUT2D eigenvalue weighted by Gasteiger charge is -2.00. The minimum absolute atomic E-state index is 0.0833. The molecule has 0 bridgehead atoms. The summed E-state index contributed by atoms with van der Waals surface area (Å²) in [5, 5.41) is 0. The number of rotatable bonds is 1. The lowest BCUT2D eigenvalue weighted by molar-refractivity contribution is 0.0196. The number of hydrogen-bond donors (Lipinski definition) is 0. The highest BCUT2D eigenvalue weighted by molar-refractivity contribution is 4.97. The number of nitrogens with one attached hydrogen (secondary N) is 1. The highest BCUT2D eigenvalue weighted by Crippen LogP contribution is 2.44. The van der Waals surface area contributed by atoms with Crippen molar-refractivity contribution in [1.29, 1.82) is 0 Å². The Bertz CT molecular complexity index is 80.1. The summed E-state index contributed by atoms with van der Waals surface area (Å²) < 4.78 is 0. The standard InChI is InChI=1S/C5H10NO/c1-4-3-5(4,2)7-6/h4,6H,3H2,1-2H3/t4-,5-/m1/s1. The highest BCUT2D eigenvalue weighted by atomic mass is 16.6. The van der Waals surface area contributed by atoms with Gasteiger partial charge in [0.25, 0.3) is 0 Å². The van der Waals surface area contributed by atoms with E-state index in [2.05, 4.69) is 11.8 Å². The van der Waals surface area contributed by atoms with E-state index in [4.69, 9.17) is 5.90 Å². The second kappa shape index (κ2) is 1.20. The van der Waals surface area contributed by atoms with Crippen LogP contribution in [0.4, 0.5) is 0 Å². The molecule has 0 spiro atoms. The molecule has 2 nitrogen and oxygen atoms in total. The first kappa shape index (κ1) is 5.06. The van der Waals surface area contributed by atoms with E-state index in [0.717, 1.165) is 6.42 Å². The summed E-state index contributed by atoms with van der Waals surface area (Å²) in [5.74, 6) is 7.15. The maximum absolute atomic E-state index is 6.55. The molecule has 0 aliphatic heterocycles. The van der Waals surface area contributed by atoms with Gasteiger partial charge in [0.1, 0.15) is 0 Å². The Balaban J connectivity index is 2.36. The predicted octanol–water partition coefficient (Wildman–Crippen LogP) is 0.999. The molecule has 1 saturated carbocycles. The van der Waals surface area contributed by atoms with Crippen LogP contribution in [-0.4, -0.2) is 5.60 Å². The Kier molecular flexibility index (Phi) is 0.869. The molecule has 7 heavy (non-hydrogen) atoms. The smallest absolute Gasteiger partial charge is 0.0916 e. The summed E-state index contributed by atoms with van der Waals surface area (Å²) in [5.41, 5.74) is -0.0833. The van der Waals surface area contributed by atoms with Crippen molar-refractivity contribution in [2.75, 3.05) is 0 Å². The fraction of sp³-hybridized carbons (Fsp3) is 1.00. The van der Waals surface area contributed by atoms with E-state index in [-0.39, 0.29) is 5.60 Å². The zero-order valence-electron chi connectivity index (χ0n) is 4.69. The van der Waals surface area contributed by atoms with Crippen LogP contribution in [0.3, 0.4) is 0 Å². The molecule has 0 aromatic rings. The van der Waals surface area contributed by atoms with Crippen LogP contribution in [0.15, 0.2) is 0 Å². The molecular weight excluding hydrogens is 90.1 g/mol. The van der Waals surface area contributed by atoms with Crippen molar-refractivity contribution in [1.82, 2.24) is 5.90 Å². The molecule has 2 heteroatoms. The lowest BCUT2D eigenvalue weighted by atomic mass is 10.3. The van der Waals surface area contributed by atoms with E-state index in [9.17, 15) is 0 Å².